The molecule has 1 heterocycles. The SMILES string of the molecule is CC(=O)Nc1ccc(C)cc1OCc1cnn(-c2ccccc2)n1. The van der Waals surface area contributed by atoms with Crippen LogP contribution in [0.15, 0.2) is 54.7 Å². The first kappa shape index (κ1) is 15.7. The molecule has 1 amide bonds. The Balaban J connectivity index is 1.73. The Hall–Kier alpha value is -3.15. The highest BCUT2D eigenvalue weighted by Crippen LogP contribution is 2.26. The van der Waals surface area contributed by atoms with Gasteiger partial charge in [-0.05, 0) is 36.8 Å². The predicted octanol–water partition coefficient (Wildman–Crippen LogP) is 3.11. The van der Waals surface area contributed by atoms with Crippen molar-refractivity contribution >= 4 is 11.6 Å². The molecule has 122 valence electrons. The Morgan fingerprint density at radius 2 is 2.00 bits per heavy atom. The summed E-state index contributed by atoms with van der Waals surface area (Å²) in [5.74, 6) is 0.471. The van der Waals surface area contributed by atoms with Crippen molar-refractivity contribution in [1.82, 2.24) is 15.0 Å². The molecule has 3 rings (SSSR count). The topological polar surface area (TPSA) is 69.0 Å². The number of para-hydroxylation sites is 1. The Morgan fingerprint density at radius 3 is 2.75 bits per heavy atom. The van der Waals surface area contributed by atoms with Crippen molar-refractivity contribution in [1.29, 1.82) is 0 Å². The number of aromatic nitrogens is 3. The van der Waals surface area contributed by atoms with Gasteiger partial charge in [0.25, 0.3) is 0 Å². The molecule has 1 aromatic heterocycles. The lowest BCUT2D eigenvalue weighted by Crippen LogP contribution is -2.08. The molecule has 6 nitrogen and oxygen atoms in total. The molecule has 2 aromatic carbocycles. The van der Waals surface area contributed by atoms with Crippen LogP contribution in [0.3, 0.4) is 0 Å². The maximum Gasteiger partial charge on any atom is 0.221 e. The number of ether oxygens (including phenoxy) is 1. The van der Waals surface area contributed by atoms with Gasteiger partial charge in [-0.2, -0.15) is 9.90 Å². The van der Waals surface area contributed by atoms with Gasteiger partial charge in [-0.15, -0.1) is 5.10 Å². The fraction of sp³-hybridized carbons (Fsp3) is 0.167. The number of amides is 1. The van der Waals surface area contributed by atoms with Crippen LogP contribution in [0.25, 0.3) is 5.69 Å². The Labute approximate surface area is 140 Å². The van der Waals surface area contributed by atoms with Crippen molar-refractivity contribution in [3.05, 3.63) is 66.0 Å². The van der Waals surface area contributed by atoms with E-state index in [9.17, 15) is 4.79 Å². The highest BCUT2D eigenvalue weighted by Gasteiger charge is 2.08. The highest BCUT2D eigenvalue weighted by molar-refractivity contribution is 5.90. The molecule has 0 saturated carbocycles. The van der Waals surface area contributed by atoms with E-state index >= 15 is 0 Å². The lowest BCUT2D eigenvalue weighted by atomic mass is 10.2. The van der Waals surface area contributed by atoms with Crippen LogP contribution in [-0.4, -0.2) is 20.9 Å². The van der Waals surface area contributed by atoms with E-state index in [1.54, 1.807) is 11.0 Å². The Morgan fingerprint density at radius 1 is 1.21 bits per heavy atom. The number of aryl methyl sites for hydroxylation is 1. The standard InChI is InChI=1S/C18H18N4O2/c1-13-8-9-17(20-14(2)23)18(10-13)24-12-15-11-19-22(21-15)16-6-4-3-5-7-16/h3-11H,12H2,1-2H3,(H,20,23). The molecule has 0 radical (unpaired) electrons. The Bertz CT molecular complexity index is 843. The second kappa shape index (κ2) is 6.95. The van der Waals surface area contributed by atoms with Crippen molar-refractivity contribution in [3.8, 4) is 11.4 Å². The van der Waals surface area contributed by atoms with Crippen LogP contribution in [0.2, 0.25) is 0 Å². The van der Waals surface area contributed by atoms with Crippen molar-refractivity contribution < 1.29 is 9.53 Å². The average molecular weight is 322 g/mol. The molecule has 0 aliphatic carbocycles. The van der Waals surface area contributed by atoms with E-state index in [0.29, 0.717) is 17.1 Å². The largest absolute Gasteiger partial charge is 0.485 e. The maximum atomic E-state index is 11.3. The van der Waals surface area contributed by atoms with Crippen molar-refractivity contribution in [3.63, 3.8) is 0 Å². The van der Waals surface area contributed by atoms with Gasteiger partial charge in [-0.3, -0.25) is 4.79 Å². The highest BCUT2D eigenvalue weighted by atomic mass is 16.5. The fourth-order valence-electron chi connectivity index (χ4n) is 2.24. The van der Waals surface area contributed by atoms with E-state index < -0.39 is 0 Å². The molecule has 0 spiro atoms. The van der Waals surface area contributed by atoms with Crippen LogP contribution in [-0.2, 0) is 11.4 Å². The minimum Gasteiger partial charge on any atom is -0.485 e. The van der Waals surface area contributed by atoms with E-state index in [0.717, 1.165) is 11.3 Å². The molecule has 0 fully saturated rings. The van der Waals surface area contributed by atoms with E-state index in [1.165, 1.54) is 6.92 Å². The third kappa shape index (κ3) is 3.78. The fourth-order valence-corrected chi connectivity index (χ4v) is 2.24. The molecule has 0 unspecified atom stereocenters. The summed E-state index contributed by atoms with van der Waals surface area (Å²) in [6, 6.07) is 15.3. The van der Waals surface area contributed by atoms with Gasteiger partial charge in [-0.25, -0.2) is 0 Å². The maximum absolute atomic E-state index is 11.3. The third-order valence-electron chi connectivity index (χ3n) is 3.35. The molecule has 24 heavy (non-hydrogen) atoms. The zero-order valence-corrected chi connectivity index (χ0v) is 13.6. The second-order valence-corrected chi connectivity index (χ2v) is 5.43. The molecule has 1 N–H and O–H groups in total. The molecule has 0 atom stereocenters. The van der Waals surface area contributed by atoms with E-state index in [4.69, 9.17) is 4.74 Å². The van der Waals surface area contributed by atoms with Crippen molar-refractivity contribution in [2.75, 3.05) is 5.32 Å². The molecule has 0 aliphatic heterocycles. The summed E-state index contributed by atoms with van der Waals surface area (Å²) in [5.41, 5.74) is 3.28. The summed E-state index contributed by atoms with van der Waals surface area (Å²) in [7, 11) is 0. The number of carbonyl (C=O) groups excluding carboxylic acids is 1. The number of hydrogen-bond acceptors (Lipinski definition) is 4. The number of hydrogen-bond donors (Lipinski definition) is 1. The first-order valence-corrected chi connectivity index (χ1v) is 7.59. The van der Waals surface area contributed by atoms with Crippen molar-refractivity contribution in [2.24, 2.45) is 0 Å². The normalized spacial score (nSPS) is 10.4. The summed E-state index contributed by atoms with van der Waals surface area (Å²) in [6.45, 7) is 3.70. The number of rotatable bonds is 5. The number of nitrogens with zero attached hydrogens (tertiary/aromatic N) is 3. The van der Waals surface area contributed by atoms with Crippen LogP contribution >= 0.6 is 0 Å². The molecule has 3 aromatic rings. The molecule has 6 heteroatoms. The first-order valence-electron chi connectivity index (χ1n) is 7.59. The van der Waals surface area contributed by atoms with Gasteiger partial charge in [0, 0.05) is 6.92 Å². The molecule has 0 saturated heterocycles. The third-order valence-corrected chi connectivity index (χ3v) is 3.35. The summed E-state index contributed by atoms with van der Waals surface area (Å²) in [6.07, 6.45) is 1.67. The van der Waals surface area contributed by atoms with E-state index in [2.05, 4.69) is 15.5 Å². The van der Waals surface area contributed by atoms with Gasteiger partial charge in [0.05, 0.1) is 17.6 Å². The monoisotopic (exact) mass is 322 g/mol. The van der Waals surface area contributed by atoms with Gasteiger partial charge in [0.1, 0.15) is 18.1 Å². The lowest BCUT2D eigenvalue weighted by molar-refractivity contribution is -0.114. The minimum atomic E-state index is -0.140. The average Bonchev–Trinajstić information content (AvgIpc) is 3.04. The predicted molar refractivity (Wildman–Crippen MR) is 91.2 cm³/mol. The van der Waals surface area contributed by atoms with Gasteiger partial charge < -0.3 is 10.1 Å². The van der Waals surface area contributed by atoms with E-state index in [-0.39, 0.29) is 12.5 Å². The molecule has 0 bridgehead atoms. The first-order chi connectivity index (χ1) is 11.6. The molecular weight excluding hydrogens is 304 g/mol. The summed E-state index contributed by atoms with van der Waals surface area (Å²) in [5, 5.41) is 11.4. The lowest BCUT2D eigenvalue weighted by Gasteiger charge is -2.11. The van der Waals surface area contributed by atoms with Crippen LogP contribution < -0.4 is 10.1 Å². The van der Waals surface area contributed by atoms with E-state index in [1.807, 2.05) is 55.5 Å². The summed E-state index contributed by atoms with van der Waals surface area (Å²) in [4.78, 5) is 12.9. The number of anilines is 1. The van der Waals surface area contributed by atoms with Crippen LogP contribution in [0.1, 0.15) is 18.2 Å². The summed E-state index contributed by atoms with van der Waals surface area (Å²) < 4.78 is 5.82. The van der Waals surface area contributed by atoms with Gasteiger partial charge in [-0.1, -0.05) is 24.3 Å². The smallest absolute Gasteiger partial charge is 0.221 e. The second-order valence-electron chi connectivity index (χ2n) is 5.43. The number of benzene rings is 2. The van der Waals surface area contributed by atoms with Crippen molar-refractivity contribution in [2.45, 2.75) is 20.5 Å². The van der Waals surface area contributed by atoms with Gasteiger partial charge >= 0.3 is 0 Å². The van der Waals surface area contributed by atoms with Gasteiger partial charge in [0.2, 0.25) is 5.91 Å². The zero-order chi connectivity index (χ0) is 16.9. The van der Waals surface area contributed by atoms with Crippen LogP contribution in [0.4, 0.5) is 5.69 Å². The number of carbonyl (C=O) groups is 1. The quantitative estimate of drug-likeness (QED) is 0.783. The number of nitrogens with one attached hydrogen (secondary N) is 1. The summed E-state index contributed by atoms with van der Waals surface area (Å²) >= 11 is 0. The Kier molecular flexibility index (Phi) is 4.56. The van der Waals surface area contributed by atoms with Gasteiger partial charge in [0.15, 0.2) is 0 Å². The molecular formula is C18H18N4O2. The minimum absolute atomic E-state index is 0.140. The van der Waals surface area contributed by atoms with Crippen LogP contribution in [0.5, 0.6) is 5.75 Å². The van der Waals surface area contributed by atoms with Crippen LogP contribution in [0, 0.1) is 6.92 Å². The molecule has 0 aliphatic rings. The zero-order valence-electron chi connectivity index (χ0n) is 13.6.